The predicted molar refractivity (Wildman–Crippen MR) is 93.7 cm³/mol. The summed E-state index contributed by atoms with van der Waals surface area (Å²) in [4.78, 5) is 11.6. The quantitative estimate of drug-likeness (QED) is 0.777. The molecule has 7 heteroatoms. The summed E-state index contributed by atoms with van der Waals surface area (Å²) in [7, 11) is -3.54. The molecule has 5 nitrogen and oxygen atoms in total. The lowest BCUT2D eigenvalue weighted by Crippen LogP contribution is -2.33. The van der Waals surface area contributed by atoms with Crippen molar-refractivity contribution in [1.29, 1.82) is 0 Å². The summed E-state index contributed by atoms with van der Waals surface area (Å²) in [5.74, 6) is 1.53. The average molecular weight is 365 g/mol. The smallest absolute Gasteiger partial charge is 0.243 e. The molecule has 1 atom stereocenters. The van der Waals surface area contributed by atoms with Crippen LogP contribution in [0.1, 0.15) is 34.7 Å². The maximum absolute atomic E-state index is 12.8. The van der Waals surface area contributed by atoms with E-state index in [1.54, 1.807) is 30.2 Å². The number of rotatable bonds is 4. The molecule has 1 aliphatic rings. The van der Waals surface area contributed by atoms with Crippen molar-refractivity contribution in [3.05, 3.63) is 54.0 Å². The Hall–Kier alpha value is -1.57. The second kappa shape index (κ2) is 7.13. The second-order valence-corrected chi connectivity index (χ2v) is 8.90. The fourth-order valence-electron chi connectivity index (χ4n) is 2.70. The highest BCUT2D eigenvalue weighted by molar-refractivity contribution is 7.99. The molecule has 1 fully saturated rings. The summed E-state index contributed by atoms with van der Waals surface area (Å²) in [6, 6.07) is 9.93. The first-order valence-electron chi connectivity index (χ1n) is 7.74. The third-order valence-corrected chi connectivity index (χ3v) is 7.26. The summed E-state index contributed by atoms with van der Waals surface area (Å²) in [5, 5.41) is 0.181. The van der Waals surface area contributed by atoms with Gasteiger partial charge in [0.15, 0.2) is 5.78 Å². The summed E-state index contributed by atoms with van der Waals surface area (Å²) in [6.45, 7) is 2.39. The van der Waals surface area contributed by atoms with Gasteiger partial charge >= 0.3 is 0 Å². The Balaban J connectivity index is 1.76. The van der Waals surface area contributed by atoms with Crippen LogP contribution < -0.4 is 0 Å². The number of carbonyl (C=O) groups is 1. The van der Waals surface area contributed by atoms with Gasteiger partial charge in [-0.3, -0.25) is 4.79 Å². The fourth-order valence-corrected chi connectivity index (χ4v) is 5.45. The monoisotopic (exact) mass is 365 g/mol. The molecule has 128 valence electrons. The van der Waals surface area contributed by atoms with Crippen LogP contribution in [0, 0.1) is 0 Å². The van der Waals surface area contributed by atoms with Crippen LogP contribution in [-0.2, 0) is 10.0 Å². The molecule has 24 heavy (non-hydrogen) atoms. The van der Waals surface area contributed by atoms with Crippen molar-refractivity contribution in [3.63, 3.8) is 0 Å². The van der Waals surface area contributed by atoms with Crippen LogP contribution in [0.3, 0.4) is 0 Å². The van der Waals surface area contributed by atoms with Crippen LogP contribution in [0.25, 0.3) is 0 Å². The normalized spacial score (nSPS) is 19.8. The van der Waals surface area contributed by atoms with Gasteiger partial charge in [-0.25, -0.2) is 8.42 Å². The maximum atomic E-state index is 12.8. The van der Waals surface area contributed by atoms with Gasteiger partial charge in [0.25, 0.3) is 0 Å². The minimum absolute atomic E-state index is 0.0774. The first-order valence-corrected chi connectivity index (χ1v) is 10.2. The minimum Gasteiger partial charge on any atom is -0.468 e. The molecule has 2 heterocycles. The van der Waals surface area contributed by atoms with Crippen LogP contribution in [0.15, 0.2) is 52.0 Å². The molecule has 3 rings (SSSR count). The lowest BCUT2D eigenvalue weighted by Gasteiger charge is -2.20. The Morgan fingerprint density at radius 1 is 1.21 bits per heavy atom. The van der Waals surface area contributed by atoms with Crippen molar-refractivity contribution in [1.82, 2.24) is 4.31 Å². The van der Waals surface area contributed by atoms with Crippen molar-refractivity contribution >= 4 is 27.6 Å². The predicted octanol–water partition coefficient (Wildman–Crippen LogP) is 3.35. The average Bonchev–Trinajstić information content (AvgIpc) is 2.99. The number of ketones is 1. The van der Waals surface area contributed by atoms with E-state index < -0.39 is 10.0 Å². The molecule has 1 aliphatic heterocycles. The van der Waals surface area contributed by atoms with Gasteiger partial charge in [-0.2, -0.15) is 4.31 Å². The van der Waals surface area contributed by atoms with Crippen LogP contribution >= 0.6 is 11.8 Å². The van der Waals surface area contributed by atoms with Gasteiger partial charge in [-0.1, -0.05) is 12.1 Å². The Morgan fingerprint density at radius 2 is 1.96 bits per heavy atom. The van der Waals surface area contributed by atoms with Crippen LogP contribution in [0.5, 0.6) is 0 Å². The largest absolute Gasteiger partial charge is 0.468 e. The number of furan rings is 1. The van der Waals surface area contributed by atoms with E-state index in [4.69, 9.17) is 4.42 Å². The number of hydrogen-bond donors (Lipinski definition) is 0. The van der Waals surface area contributed by atoms with E-state index in [9.17, 15) is 13.2 Å². The SMILES string of the molecule is CC(=O)c1ccc(S(=O)(=O)N2CCSC(c3ccco3)CC2)cc1. The maximum Gasteiger partial charge on any atom is 0.243 e. The molecule has 1 aromatic heterocycles. The number of Topliss-reactive ketones (excluding diaryl/α,β-unsaturated/α-hetero) is 1. The van der Waals surface area contributed by atoms with Crippen LogP contribution in [-0.4, -0.2) is 37.3 Å². The van der Waals surface area contributed by atoms with E-state index in [-0.39, 0.29) is 15.9 Å². The van der Waals surface area contributed by atoms with Gasteiger partial charge in [0.1, 0.15) is 5.76 Å². The summed E-state index contributed by atoms with van der Waals surface area (Å²) in [5.41, 5.74) is 0.512. The van der Waals surface area contributed by atoms with E-state index in [2.05, 4.69) is 0 Å². The van der Waals surface area contributed by atoms with Gasteiger partial charge < -0.3 is 4.42 Å². The summed E-state index contributed by atoms with van der Waals surface area (Å²) < 4.78 is 32.6. The van der Waals surface area contributed by atoms with Crippen molar-refractivity contribution < 1.29 is 17.6 Å². The Bertz CT molecular complexity index is 798. The number of sulfonamides is 1. The van der Waals surface area contributed by atoms with Crippen molar-refractivity contribution in [2.75, 3.05) is 18.8 Å². The van der Waals surface area contributed by atoms with Gasteiger partial charge in [0.05, 0.1) is 16.4 Å². The number of nitrogens with zero attached hydrogens (tertiary/aromatic N) is 1. The van der Waals surface area contributed by atoms with E-state index in [0.717, 1.165) is 11.5 Å². The van der Waals surface area contributed by atoms with Crippen molar-refractivity contribution in [2.45, 2.75) is 23.5 Å². The Kier molecular flexibility index (Phi) is 5.12. The number of hydrogen-bond acceptors (Lipinski definition) is 5. The molecule has 0 aliphatic carbocycles. The Labute approximate surface area is 146 Å². The number of thioether (sulfide) groups is 1. The minimum atomic E-state index is -3.54. The van der Waals surface area contributed by atoms with Crippen LogP contribution in [0.4, 0.5) is 0 Å². The molecular weight excluding hydrogens is 346 g/mol. The zero-order valence-electron chi connectivity index (χ0n) is 13.3. The van der Waals surface area contributed by atoms with Gasteiger partial charge in [-0.15, -0.1) is 11.8 Å². The van der Waals surface area contributed by atoms with Gasteiger partial charge in [0, 0.05) is 24.4 Å². The molecule has 0 amide bonds. The standard InChI is InChI=1S/C17H19NO4S2/c1-13(19)14-4-6-15(7-5-14)24(20,21)18-9-8-17(23-12-10-18)16-3-2-11-22-16/h2-7,11,17H,8-10,12H2,1H3. The molecule has 0 spiro atoms. The summed E-state index contributed by atoms with van der Waals surface area (Å²) >= 11 is 1.72. The van der Waals surface area contributed by atoms with E-state index in [1.165, 1.54) is 23.4 Å². The zero-order valence-corrected chi connectivity index (χ0v) is 15.0. The molecule has 2 aromatic rings. The first-order chi connectivity index (χ1) is 11.5. The first kappa shape index (κ1) is 17.3. The topological polar surface area (TPSA) is 67.6 Å². The molecule has 1 aromatic carbocycles. The molecule has 0 bridgehead atoms. The molecule has 0 saturated carbocycles. The highest BCUT2D eigenvalue weighted by Gasteiger charge is 2.29. The van der Waals surface area contributed by atoms with Gasteiger partial charge in [-0.05, 0) is 37.6 Å². The molecular formula is C17H19NO4S2. The second-order valence-electron chi connectivity index (χ2n) is 5.65. The summed E-state index contributed by atoms with van der Waals surface area (Å²) in [6.07, 6.45) is 2.36. The lowest BCUT2D eigenvalue weighted by atomic mass is 10.2. The molecule has 1 saturated heterocycles. The van der Waals surface area contributed by atoms with E-state index >= 15 is 0 Å². The van der Waals surface area contributed by atoms with Crippen LogP contribution in [0.2, 0.25) is 0 Å². The Morgan fingerprint density at radius 3 is 2.58 bits per heavy atom. The lowest BCUT2D eigenvalue weighted by molar-refractivity contribution is 0.101. The van der Waals surface area contributed by atoms with E-state index in [0.29, 0.717) is 25.1 Å². The fraction of sp³-hybridized carbons (Fsp3) is 0.353. The zero-order chi connectivity index (χ0) is 17.2. The molecule has 0 N–H and O–H groups in total. The molecule has 0 radical (unpaired) electrons. The van der Waals surface area contributed by atoms with Crippen molar-refractivity contribution in [3.8, 4) is 0 Å². The third-order valence-electron chi connectivity index (χ3n) is 4.06. The third kappa shape index (κ3) is 3.58. The van der Waals surface area contributed by atoms with Gasteiger partial charge in [0.2, 0.25) is 10.0 Å². The number of benzene rings is 1. The van der Waals surface area contributed by atoms with E-state index in [1.807, 2.05) is 12.1 Å². The highest BCUT2D eigenvalue weighted by Crippen LogP contribution is 2.35. The highest BCUT2D eigenvalue weighted by atomic mass is 32.2. The molecule has 1 unspecified atom stereocenters. The number of carbonyl (C=O) groups excluding carboxylic acids is 1. The van der Waals surface area contributed by atoms with Crippen molar-refractivity contribution in [2.24, 2.45) is 0 Å².